The molecule has 3 nitrogen and oxygen atoms in total. The molecule has 2 rings (SSSR count). The van der Waals surface area contributed by atoms with Crippen molar-refractivity contribution in [2.75, 3.05) is 0 Å². The van der Waals surface area contributed by atoms with E-state index in [4.69, 9.17) is 0 Å². The molecule has 0 bridgehead atoms. The first-order valence-electron chi connectivity index (χ1n) is 5.93. The van der Waals surface area contributed by atoms with Gasteiger partial charge in [-0.05, 0) is 46.3 Å². The van der Waals surface area contributed by atoms with Gasteiger partial charge in [0.05, 0.1) is 23.4 Å². The lowest BCUT2D eigenvalue weighted by Gasteiger charge is -2.11. The first-order valence-corrected chi connectivity index (χ1v) is 6.72. The number of rotatable bonds is 3. The zero-order chi connectivity index (χ0) is 15.5. The summed E-state index contributed by atoms with van der Waals surface area (Å²) < 4.78 is 38.3. The van der Waals surface area contributed by atoms with E-state index >= 15 is 0 Å². The van der Waals surface area contributed by atoms with Crippen LogP contribution in [0.15, 0.2) is 47.1 Å². The zero-order valence-electron chi connectivity index (χ0n) is 10.6. The number of pyridine rings is 1. The van der Waals surface area contributed by atoms with E-state index in [0.717, 1.165) is 12.1 Å². The molecule has 110 valence electrons. The predicted octanol–water partition coefficient (Wildman–Crippen LogP) is 3.79. The van der Waals surface area contributed by atoms with Crippen molar-refractivity contribution in [2.24, 2.45) is 0 Å². The van der Waals surface area contributed by atoms with Crippen molar-refractivity contribution in [1.82, 2.24) is 10.3 Å². The Bertz CT molecular complexity index is 644. The Kier molecular flexibility index (Phi) is 4.62. The summed E-state index contributed by atoms with van der Waals surface area (Å²) in [5.74, 6) is -0.598. The summed E-state index contributed by atoms with van der Waals surface area (Å²) in [5, 5.41) is 2.54. The number of alkyl halides is 3. The molecule has 7 heteroatoms. The lowest BCUT2D eigenvalue weighted by atomic mass is 10.1. The number of hydrogen-bond acceptors (Lipinski definition) is 2. The average molecular weight is 359 g/mol. The number of halogens is 4. The fourth-order valence-corrected chi connectivity index (χ4v) is 2.07. The van der Waals surface area contributed by atoms with E-state index in [2.05, 4.69) is 26.2 Å². The second kappa shape index (κ2) is 6.26. The maximum absolute atomic E-state index is 12.7. The van der Waals surface area contributed by atoms with E-state index < -0.39 is 17.6 Å². The Balaban J connectivity index is 2.15. The van der Waals surface area contributed by atoms with Crippen LogP contribution in [-0.2, 0) is 12.7 Å². The van der Waals surface area contributed by atoms with Gasteiger partial charge in [0.25, 0.3) is 5.91 Å². The molecule has 1 aromatic heterocycles. The summed E-state index contributed by atoms with van der Waals surface area (Å²) >= 11 is 3.08. The quantitative estimate of drug-likeness (QED) is 0.906. The van der Waals surface area contributed by atoms with Crippen molar-refractivity contribution in [1.29, 1.82) is 0 Å². The maximum atomic E-state index is 12.7. The van der Waals surface area contributed by atoms with Gasteiger partial charge in [-0.15, -0.1) is 0 Å². The molecule has 0 spiro atoms. The van der Waals surface area contributed by atoms with Crippen molar-refractivity contribution in [2.45, 2.75) is 12.7 Å². The van der Waals surface area contributed by atoms with Crippen molar-refractivity contribution in [3.8, 4) is 0 Å². The van der Waals surface area contributed by atoms with Gasteiger partial charge in [-0.25, -0.2) is 0 Å². The Morgan fingerprint density at radius 1 is 1.24 bits per heavy atom. The maximum Gasteiger partial charge on any atom is 0.416 e. The monoisotopic (exact) mass is 358 g/mol. The number of amides is 1. The number of nitrogens with zero attached hydrogens (tertiary/aromatic N) is 1. The Labute approximate surface area is 127 Å². The number of carbonyl (C=O) groups excluding carboxylic acids is 1. The first-order chi connectivity index (χ1) is 9.88. The van der Waals surface area contributed by atoms with Gasteiger partial charge in [-0.2, -0.15) is 13.2 Å². The SMILES string of the molecule is O=C(NCc1ccccn1)c1cc(C(F)(F)F)ccc1Br. The molecule has 0 radical (unpaired) electrons. The number of nitrogens with one attached hydrogen (secondary N) is 1. The van der Waals surface area contributed by atoms with Crippen molar-refractivity contribution >= 4 is 21.8 Å². The van der Waals surface area contributed by atoms with Crippen LogP contribution in [0.25, 0.3) is 0 Å². The molecule has 0 aliphatic rings. The van der Waals surface area contributed by atoms with Gasteiger partial charge in [0.1, 0.15) is 0 Å². The highest BCUT2D eigenvalue weighted by molar-refractivity contribution is 9.10. The van der Waals surface area contributed by atoms with Crippen LogP contribution in [0.3, 0.4) is 0 Å². The van der Waals surface area contributed by atoms with Crippen LogP contribution in [0.5, 0.6) is 0 Å². The normalized spacial score (nSPS) is 11.2. The Morgan fingerprint density at radius 3 is 2.62 bits per heavy atom. The molecule has 1 aromatic carbocycles. The molecule has 21 heavy (non-hydrogen) atoms. The van der Waals surface area contributed by atoms with Gasteiger partial charge in [0.2, 0.25) is 0 Å². The van der Waals surface area contributed by atoms with Crippen molar-refractivity contribution in [3.05, 3.63) is 63.9 Å². The molecule has 0 atom stereocenters. The molecule has 0 saturated carbocycles. The van der Waals surface area contributed by atoms with Crippen LogP contribution in [0.4, 0.5) is 13.2 Å². The highest BCUT2D eigenvalue weighted by Crippen LogP contribution is 2.31. The third-order valence-corrected chi connectivity index (χ3v) is 3.39. The van der Waals surface area contributed by atoms with Crippen LogP contribution in [0, 0.1) is 0 Å². The van der Waals surface area contributed by atoms with Gasteiger partial charge < -0.3 is 5.32 Å². The predicted molar refractivity (Wildman–Crippen MR) is 74.6 cm³/mol. The van der Waals surface area contributed by atoms with E-state index in [-0.39, 0.29) is 12.1 Å². The second-order valence-electron chi connectivity index (χ2n) is 4.20. The third kappa shape index (κ3) is 4.04. The highest BCUT2D eigenvalue weighted by Gasteiger charge is 2.31. The highest BCUT2D eigenvalue weighted by atomic mass is 79.9. The minimum Gasteiger partial charge on any atom is -0.346 e. The van der Waals surface area contributed by atoms with Crippen molar-refractivity contribution < 1.29 is 18.0 Å². The minimum absolute atomic E-state index is 0.0687. The Hall–Kier alpha value is -1.89. The number of aromatic nitrogens is 1. The fraction of sp³-hybridized carbons (Fsp3) is 0.143. The summed E-state index contributed by atoms with van der Waals surface area (Å²) in [7, 11) is 0. The van der Waals surface area contributed by atoms with Crippen LogP contribution in [0.2, 0.25) is 0 Å². The van der Waals surface area contributed by atoms with E-state index in [0.29, 0.717) is 10.2 Å². The van der Waals surface area contributed by atoms with Gasteiger partial charge in [-0.1, -0.05) is 6.07 Å². The molecular formula is C14H10BrF3N2O. The second-order valence-corrected chi connectivity index (χ2v) is 5.05. The molecule has 0 aliphatic carbocycles. The summed E-state index contributed by atoms with van der Waals surface area (Å²) in [5.41, 5.74) is -0.316. The summed E-state index contributed by atoms with van der Waals surface area (Å²) in [6.07, 6.45) is -2.92. The van der Waals surface area contributed by atoms with E-state index in [9.17, 15) is 18.0 Å². The van der Waals surface area contributed by atoms with E-state index in [1.165, 1.54) is 6.07 Å². The summed E-state index contributed by atoms with van der Waals surface area (Å²) in [6, 6.07) is 8.14. The third-order valence-electron chi connectivity index (χ3n) is 2.69. The topological polar surface area (TPSA) is 42.0 Å². The van der Waals surface area contributed by atoms with Crippen molar-refractivity contribution in [3.63, 3.8) is 0 Å². The Morgan fingerprint density at radius 2 is 2.00 bits per heavy atom. The number of hydrogen-bond donors (Lipinski definition) is 1. The molecule has 1 heterocycles. The van der Waals surface area contributed by atoms with Crippen LogP contribution in [0.1, 0.15) is 21.6 Å². The lowest BCUT2D eigenvalue weighted by molar-refractivity contribution is -0.137. The fourth-order valence-electron chi connectivity index (χ4n) is 1.64. The smallest absolute Gasteiger partial charge is 0.346 e. The number of carbonyl (C=O) groups is 1. The number of benzene rings is 1. The first kappa shape index (κ1) is 15.5. The molecule has 1 amide bonds. The molecule has 0 unspecified atom stereocenters. The lowest BCUT2D eigenvalue weighted by Crippen LogP contribution is -2.24. The zero-order valence-corrected chi connectivity index (χ0v) is 12.2. The van der Waals surface area contributed by atoms with E-state index in [1.807, 2.05) is 0 Å². The van der Waals surface area contributed by atoms with Gasteiger partial charge >= 0.3 is 6.18 Å². The van der Waals surface area contributed by atoms with E-state index in [1.54, 1.807) is 24.4 Å². The molecular weight excluding hydrogens is 349 g/mol. The molecule has 1 N–H and O–H groups in total. The van der Waals surface area contributed by atoms with Gasteiger partial charge in [0.15, 0.2) is 0 Å². The summed E-state index contributed by atoms with van der Waals surface area (Å²) in [6.45, 7) is 0.141. The van der Waals surface area contributed by atoms with Crippen LogP contribution in [-0.4, -0.2) is 10.9 Å². The average Bonchev–Trinajstić information content (AvgIpc) is 2.45. The minimum atomic E-state index is -4.49. The molecule has 0 fully saturated rings. The molecule has 0 aliphatic heterocycles. The summed E-state index contributed by atoms with van der Waals surface area (Å²) in [4.78, 5) is 16.0. The largest absolute Gasteiger partial charge is 0.416 e. The van der Waals surface area contributed by atoms with Gasteiger partial charge in [0, 0.05) is 10.7 Å². The van der Waals surface area contributed by atoms with Gasteiger partial charge in [-0.3, -0.25) is 9.78 Å². The van der Waals surface area contributed by atoms with Crippen LogP contribution < -0.4 is 5.32 Å². The molecule has 2 aromatic rings. The van der Waals surface area contributed by atoms with Crippen LogP contribution >= 0.6 is 15.9 Å². The standard InChI is InChI=1S/C14H10BrF3N2O/c15-12-5-4-9(14(16,17)18)7-11(12)13(21)20-8-10-3-1-2-6-19-10/h1-7H,8H2,(H,20,21). The molecule has 0 saturated heterocycles.